The van der Waals surface area contributed by atoms with Gasteiger partial charge in [0.05, 0.1) is 12.0 Å². The lowest BCUT2D eigenvalue weighted by molar-refractivity contribution is -0.121. The molecule has 2 rings (SSSR count). The van der Waals surface area contributed by atoms with Crippen LogP contribution >= 0.6 is 15.9 Å². The molecule has 0 aliphatic heterocycles. The van der Waals surface area contributed by atoms with E-state index in [2.05, 4.69) is 21.1 Å². The van der Waals surface area contributed by atoms with Crippen molar-refractivity contribution in [3.05, 3.63) is 33.8 Å². The SMILES string of the molecule is CCON=CC(C(=O)c1ccc(Br)cc1CS(C)(=O)=O)C(=O)C1CC1. The van der Waals surface area contributed by atoms with Gasteiger partial charge in [-0.2, -0.15) is 0 Å². The summed E-state index contributed by atoms with van der Waals surface area (Å²) in [5.74, 6) is -2.11. The number of nitrogens with zero attached hydrogens (tertiary/aromatic N) is 1. The van der Waals surface area contributed by atoms with Crippen LogP contribution in [0.5, 0.6) is 0 Å². The minimum atomic E-state index is -3.34. The van der Waals surface area contributed by atoms with Gasteiger partial charge in [-0.25, -0.2) is 8.42 Å². The zero-order valence-electron chi connectivity index (χ0n) is 14.1. The number of hydrogen-bond acceptors (Lipinski definition) is 6. The Balaban J connectivity index is 2.39. The molecule has 25 heavy (non-hydrogen) atoms. The molecule has 0 heterocycles. The maximum absolute atomic E-state index is 13.0. The third-order valence-corrected chi connectivity index (χ3v) is 5.06. The Morgan fingerprint density at radius 1 is 1.40 bits per heavy atom. The van der Waals surface area contributed by atoms with E-state index in [0.29, 0.717) is 16.6 Å². The monoisotopic (exact) mass is 429 g/mol. The quantitative estimate of drug-likeness (QED) is 0.260. The third kappa shape index (κ3) is 5.74. The maximum atomic E-state index is 13.0. The summed E-state index contributed by atoms with van der Waals surface area (Å²) in [4.78, 5) is 30.3. The first-order valence-corrected chi connectivity index (χ1v) is 10.8. The summed E-state index contributed by atoms with van der Waals surface area (Å²) < 4.78 is 24.0. The highest BCUT2D eigenvalue weighted by Gasteiger charge is 2.38. The number of sulfone groups is 1. The van der Waals surface area contributed by atoms with Gasteiger partial charge in [-0.3, -0.25) is 9.59 Å². The van der Waals surface area contributed by atoms with Crippen LogP contribution in [0.1, 0.15) is 35.7 Å². The van der Waals surface area contributed by atoms with Gasteiger partial charge < -0.3 is 4.84 Å². The molecule has 0 aromatic heterocycles. The topological polar surface area (TPSA) is 89.9 Å². The molecular formula is C17H20BrNO5S. The number of hydrogen-bond donors (Lipinski definition) is 0. The van der Waals surface area contributed by atoms with Crippen molar-refractivity contribution >= 4 is 43.5 Å². The van der Waals surface area contributed by atoms with Gasteiger partial charge in [-0.15, -0.1) is 0 Å². The molecule has 0 saturated heterocycles. The average Bonchev–Trinajstić information content (AvgIpc) is 3.34. The number of halogens is 1. The van der Waals surface area contributed by atoms with Crippen LogP contribution in [0.15, 0.2) is 27.8 Å². The van der Waals surface area contributed by atoms with Gasteiger partial charge in [0.1, 0.15) is 12.5 Å². The van der Waals surface area contributed by atoms with Crippen molar-refractivity contribution in [2.45, 2.75) is 25.5 Å². The van der Waals surface area contributed by atoms with Crippen LogP contribution in [-0.2, 0) is 25.2 Å². The van der Waals surface area contributed by atoms with Crippen molar-refractivity contribution in [2.75, 3.05) is 12.9 Å². The van der Waals surface area contributed by atoms with Crippen molar-refractivity contribution in [1.29, 1.82) is 0 Å². The molecule has 0 amide bonds. The lowest BCUT2D eigenvalue weighted by atomic mass is 9.90. The van der Waals surface area contributed by atoms with E-state index >= 15 is 0 Å². The Labute approximate surface area is 155 Å². The average molecular weight is 430 g/mol. The van der Waals surface area contributed by atoms with Crippen LogP contribution in [0.3, 0.4) is 0 Å². The number of ketones is 2. The Bertz CT molecular complexity index is 799. The number of carbonyl (C=O) groups excluding carboxylic acids is 2. The summed E-state index contributed by atoms with van der Waals surface area (Å²) in [6.45, 7) is 2.07. The molecular weight excluding hydrogens is 410 g/mol. The first-order valence-electron chi connectivity index (χ1n) is 7.92. The molecule has 0 N–H and O–H groups in total. The summed E-state index contributed by atoms with van der Waals surface area (Å²) in [6, 6.07) is 4.78. The van der Waals surface area contributed by atoms with E-state index in [9.17, 15) is 18.0 Å². The normalized spacial score (nSPS) is 16.0. The van der Waals surface area contributed by atoms with Crippen LogP contribution in [0.25, 0.3) is 0 Å². The number of carbonyl (C=O) groups is 2. The van der Waals surface area contributed by atoms with E-state index in [4.69, 9.17) is 4.84 Å². The standard InChI is InChI=1S/C17H20BrNO5S/c1-3-24-19-9-15(16(20)11-4-5-11)17(21)14-7-6-13(18)8-12(14)10-25(2,22)23/h6-9,11,15H,3-5,10H2,1-2H3. The Morgan fingerprint density at radius 2 is 2.08 bits per heavy atom. The zero-order valence-corrected chi connectivity index (χ0v) is 16.5. The molecule has 1 atom stereocenters. The van der Waals surface area contributed by atoms with E-state index in [1.165, 1.54) is 12.3 Å². The second-order valence-corrected chi connectivity index (χ2v) is 9.12. The number of rotatable bonds is 9. The Hall–Kier alpha value is -1.54. The second kappa shape index (κ2) is 8.23. The fourth-order valence-electron chi connectivity index (χ4n) is 2.44. The largest absolute Gasteiger partial charge is 0.396 e. The smallest absolute Gasteiger partial charge is 0.179 e. The third-order valence-electron chi connectivity index (χ3n) is 3.73. The molecule has 1 aliphatic carbocycles. The lowest BCUT2D eigenvalue weighted by Crippen LogP contribution is -2.28. The number of benzene rings is 1. The molecule has 0 radical (unpaired) electrons. The van der Waals surface area contributed by atoms with E-state index in [1.807, 2.05) is 0 Å². The first kappa shape index (κ1) is 19.8. The van der Waals surface area contributed by atoms with Gasteiger partial charge in [0.25, 0.3) is 0 Å². The highest BCUT2D eigenvalue weighted by molar-refractivity contribution is 9.10. The highest BCUT2D eigenvalue weighted by Crippen LogP contribution is 2.33. The summed E-state index contributed by atoms with van der Waals surface area (Å²) >= 11 is 3.28. The van der Waals surface area contributed by atoms with Gasteiger partial charge in [-0.1, -0.05) is 21.1 Å². The summed E-state index contributed by atoms with van der Waals surface area (Å²) in [5, 5.41) is 3.70. The van der Waals surface area contributed by atoms with Crippen LogP contribution in [0.4, 0.5) is 0 Å². The molecule has 1 aromatic rings. The van der Waals surface area contributed by atoms with E-state index in [0.717, 1.165) is 19.1 Å². The van der Waals surface area contributed by atoms with Crippen LogP contribution < -0.4 is 0 Å². The molecule has 1 aliphatic rings. The predicted octanol–water partition coefficient (Wildman–Crippen LogP) is 2.79. The van der Waals surface area contributed by atoms with E-state index < -0.39 is 21.5 Å². The second-order valence-electron chi connectivity index (χ2n) is 6.06. The minimum absolute atomic E-state index is 0.129. The zero-order chi connectivity index (χ0) is 18.6. The molecule has 0 bridgehead atoms. The van der Waals surface area contributed by atoms with Gasteiger partial charge in [0.2, 0.25) is 0 Å². The summed E-state index contributed by atoms with van der Waals surface area (Å²) in [5.41, 5.74) is 0.579. The van der Waals surface area contributed by atoms with E-state index in [1.54, 1.807) is 19.1 Å². The van der Waals surface area contributed by atoms with Crippen molar-refractivity contribution < 1.29 is 22.8 Å². The molecule has 8 heteroatoms. The fourth-order valence-corrected chi connectivity index (χ4v) is 3.65. The predicted molar refractivity (Wildman–Crippen MR) is 98.4 cm³/mol. The van der Waals surface area contributed by atoms with Crippen LogP contribution in [0, 0.1) is 11.8 Å². The van der Waals surface area contributed by atoms with Crippen molar-refractivity contribution in [3.63, 3.8) is 0 Å². The molecule has 1 saturated carbocycles. The Kier molecular flexibility index (Phi) is 6.51. The number of Topliss-reactive ketones (excluding diaryl/α,β-unsaturated/α-hetero) is 2. The summed E-state index contributed by atoms with van der Waals surface area (Å²) in [7, 11) is -3.34. The highest BCUT2D eigenvalue weighted by atomic mass is 79.9. The van der Waals surface area contributed by atoms with Gasteiger partial charge in [0, 0.05) is 22.2 Å². The summed E-state index contributed by atoms with van der Waals surface area (Å²) in [6.07, 6.45) is 3.85. The maximum Gasteiger partial charge on any atom is 0.179 e. The van der Waals surface area contributed by atoms with E-state index in [-0.39, 0.29) is 23.0 Å². The van der Waals surface area contributed by atoms with Crippen molar-refractivity contribution in [3.8, 4) is 0 Å². The van der Waals surface area contributed by atoms with Gasteiger partial charge in [0.15, 0.2) is 21.4 Å². The minimum Gasteiger partial charge on any atom is -0.396 e. The molecule has 136 valence electrons. The van der Waals surface area contributed by atoms with Crippen molar-refractivity contribution in [2.24, 2.45) is 17.0 Å². The molecule has 1 unspecified atom stereocenters. The molecule has 0 spiro atoms. The molecule has 6 nitrogen and oxygen atoms in total. The Morgan fingerprint density at radius 3 is 2.64 bits per heavy atom. The van der Waals surface area contributed by atoms with Gasteiger partial charge in [-0.05, 0) is 43.5 Å². The molecule has 1 aromatic carbocycles. The van der Waals surface area contributed by atoms with Crippen LogP contribution in [0.2, 0.25) is 0 Å². The fraction of sp³-hybridized carbons (Fsp3) is 0.471. The lowest BCUT2D eigenvalue weighted by Gasteiger charge is -2.13. The first-order chi connectivity index (χ1) is 11.7. The molecule has 1 fully saturated rings. The van der Waals surface area contributed by atoms with Gasteiger partial charge >= 0.3 is 0 Å². The number of oxime groups is 1. The van der Waals surface area contributed by atoms with Crippen LogP contribution in [-0.4, -0.2) is 39.1 Å². The van der Waals surface area contributed by atoms with Crippen molar-refractivity contribution in [1.82, 2.24) is 0 Å².